The molecule has 0 bridgehead atoms. The summed E-state index contributed by atoms with van der Waals surface area (Å²) in [6.07, 6.45) is 2.23. The maximum Gasteiger partial charge on any atom is 0.154 e. The van der Waals surface area contributed by atoms with Crippen LogP contribution in [0.15, 0.2) is 35.1 Å². The number of carbonyl (C=O) groups excluding carboxylic acids is 1. The number of nitrogens with zero attached hydrogens (tertiary/aromatic N) is 2. The summed E-state index contributed by atoms with van der Waals surface area (Å²) in [6, 6.07) is 7.29. The Bertz CT molecular complexity index is 510. The van der Waals surface area contributed by atoms with Gasteiger partial charge >= 0.3 is 0 Å². The molecule has 0 aliphatic rings. The van der Waals surface area contributed by atoms with E-state index in [4.69, 9.17) is 11.6 Å². The van der Waals surface area contributed by atoms with Gasteiger partial charge in [0.05, 0.1) is 22.5 Å². The first-order valence-corrected chi connectivity index (χ1v) is 5.34. The Kier molecular flexibility index (Phi) is 2.88. The van der Waals surface area contributed by atoms with Gasteiger partial charge in [-0.3, -0.25) is 4.79 Å². The molecule has 2 aromatic rings. The first-order chi connectivity index (χ1) is 7.24. The van der Waals surface area contributed by atoms with Gasteiger partial charge in [-0.2, -0.15) is 5.10 Å². The van der Waals surface area contributed by atoms with Crippen LogP contribution in [0, 0.1) is 0 Å². The van der Waals surface area contributed by atoms with E-state index in [1.807, 2.05) is 18.2 Å². The zero-order chi connectivity index (χ0) is 10.8. The molecule has 0 N–H and O–H groups in total. The molecule has 0 radical (unpaired) electrons. The normalized spacial score (nSPS) is 10.3. The van der Waals surface area contributed by atoms with Crippen molar-refractivity contribution in [2.45, 2.75) is 0 Å². The predicted molar refractivity (Wildman–Crippen MR) is 61.7 cm³/mol. The number of aldehydes is 1. The smallest absolute Gasteiger partial charge is 0.154 e. The average molecular weight is 286 g/mol. The van der Waals surface area contributed by atoms with Crippen LogP contribution in [0.2, 0.25) is 5.02 Å². The fourth-order valence-corrected chi connectivity index (χ4v) is 1.91. The summed E-state index contributed by atoms with van der Waals surface area (Å²) in [4.78, 5) is 10.6. The van der Waals surface area contributed by atoms with Crippen molar-refractivity contribution >= 4 is 33.8 Å². The van der Waals surface area contributed by atoms with Gasteiger partial charge in [-0.1, -0.05) is 23.7 Å². The molecule has 5 heteroatoms. The van der Waals surface area contributed by atoms with Gasteiger partial charge in [-0.15, -0.1) is 0 Å². The highest BCUT2D eigenvalue weighted by atomic mass is 79.9. The van der Waals surface area contributed by atoms with Crippen LogP contribution in [0.4, 0.5) is 0 Å². The third kappa shape index (κ3) is 1.82. The third-order valence-electron chi connectivity index (χ3n) is 1.94. The second-order valence-corrected chi connectivity index (χ2v) is 4.03. The molecule has 0 amide bonds. The molecule has 0 atom stereocenters. The highest BCUT2D eigenvalue weighted by Crippen LogP contribution is 2.24. The van der Waals surface area contributed by atoms with Crippen molar-refractivity contribution in [1.82, 2.24) is 9.78 Å². The van der Waals surface area contributed by atoms with Crippen molar-refractivity contribution in [3.05, 3.63) is 45.7 Å². The van der Waals surface area contributed by atoms with Gasteiger partial charge in [0.15, 0.2) is 6.29 Å². The number of aromatic nitrogens is 2. The second-order valence-electron chi connectivity index (χ2n) is 2.87. The van der Waals surface area contributed by atoms with Gasteiger partial charge in [-0.05, 0) is 28.1 Å². The zero-order valence-electron chi connectivity index (χ0n) is 7.52. The Hall–Kier alpha value is -1.13. The van der Waals surface area contributed by atoms with E-state index >= 15 is 0 Å². The van der Waals surface area contributed by atoms with Crippen LogP contribution < -0.4 is 0 Å². The Morgan fingerprint density at radius 3 is 2.73 bits per heavy atom. The van der Waals surface area contributed by atoms with E-state index in [1.165, 1.54) is 6.20 Å². The number of benzene rings is 1. The quantitative estimate of drug-likeness (QED) is 0.795. The van der Waals surface area contributed by atoms with Gasteiger partial charge in [0, 0.05) is 0 Å². The SMILES string of the molecule is O=Cc1cnn(-c2ccccc2Cl)c1Br. The molecule has 0 saturated heterocycles. The number of rotatable bonds is 2. The molecule has 0 unspecified atom stereocenters. The van der Waals surface area contributed by atoms with Crippen molar-refractivity contribution in [3.63, 3.8) is 0 Å². The van der Waals surface area contributed by atoms with Crippen molar-refractivity contribution in [2.24, 2.45) is 0 Å². The Morgan fingerprint density at radius 2 is 2.13 bits per heavy atom. The number of hydrogen-bond donors (Lipinski definition) is 0. The molecule has 0 fully saturated rings. The first-order valence-electron chi connectivity index (χ1n) is 4.17. The molecule has 0 saturated carbocycles. The number of hydrogen-bond acceptors (Lipinski definition) is 2. The van der Waals surface area contributed by atoms with E-state index in [0.29, 0.717) is 15.2 Å². The van der Waals surface area contributed by atoms with Crippen LogP contribution in [0.5, 0.6) is 0 Å². The molecule has 15 heavy (non-hydrogen) atoms. The van der Waals surface area contributed by atoms with E-state index in [0.717, 1.165) is 12.0 Å². The highest BCUT2D eigenvalue weighted by Gasteiger charge is 2.10. The summed E-state index contributed by atoms with van der Waals surface area (Å²) in [5, 5.41) is 4.65. The molecule has 1 aromatic heterocycles. The summed E-state index contributed by atoms with van der Waals surface area (Å²) in [7, 11) is 0. The van der Waals surface area contributed by atoms with Gasteiger partial charge in [0.1, 0.15) is 4.60 Å². The monoisotopic (exact) mass is 284 g/mol. The summed E-state index contributed by atoms with van der Waals surface area (Å²) in [5.41, 5.74) is 1.23. The minimum absolute atomic E-state index is 0.495. The van der Waals surface area contributed by atoms with Crippen LogP contribution in [0.1, 0.15) is 10.4 Å². The fourth-order valence-electron chi connectivity index (χ4n) is 1.22. The molecule has 76 valence electrons. The standard InChI is InChI=1S/C10H6BrClN2O/c11-10-7(6-15)5-13-14(10)9-4-2-1-3-8(9)12/h1-6H. The average Bonchev–Trinajstić information content (AvgIpc) is 2.60. The molecular weight excluding hydrogens is 279 g/mol. The molecule has 0 spiro atoms. The lowest BCUT2D eigenvalue weighted by molar-refractivity contribution is 0.112. The van der Waals surface area contributed by atoms with Crippen LogP contribution >= 0.6 is 27.5 Å². The maximum atomic E-state index is 10.6. The van der Waals surface area contributed by atoms with Crippen molar-refractivity contribution in [2.75, 3.05) is 0 Å². The molecule has 1 aromatic carbocycles. The number of para-hydroxylation sites is 1. The summed E-state index contributed by atoms with van der Waals surface area (Å²) >= 11 is 9.31. The Balaban J connectivity index is 2.59. The van der Waals surface area contributed by atoms with Gasteiger partial charge in [0.25, 0.3) is 0 Å². The number of halogens is 2. The van der Waals surface area contributed by atoms with Crippen LogP contribution in [0.3, 0.4) is 0 Å². The molecule has 2 rings (SSSR count). The molecule has 0 aliphatic carbocycles. The molecule has 1 heterocycles. The maximum absolute atomic E-state index is 10.6. The van der Waals surface area contributed by atoms with E-state index in [1.54, 1.807) is 10.7 Å². The van der Waals surface area contributed by atoms with E-state index in [9.17, 15) is 4.79 Å². The van der Waals surface area contributed by atoms with Crippen molar-refractivity contribution < 1.29 is 4.79 Å². The van der Waals surface area contributed by atoms with E-state index in [2.05, 4.69) is 21.0 Å². The van der Waals surface area contributed by atoms with Crippen molar-refractivity contribution in [1.29, 1.82) is 0 Å². The number of carbonyl (C=O) groups is 1. The van der Waals surface area contributed by atoms with Crippen LogP contribution in [-0.4, -0.2) is 16.1 Å². The third-order valence-corrected chi connectivity index (χ3v) is 3.06. The molecular formula is C10H6BrClN2O. The summed E-state index contributed by atoms with van der Waals surface area (Å²) < 4.78 is 2.18. The minimum atomic E-state index is 0.495. The second kappa shape index (κ2) is 4.16. The van der Waals surface area contributed by atoms with Crippen molar-refractivity contribution in [3.8, 4) is 5.69 Å². The largest absolute Gasteiger partial charge is 0.298 e. The van der Waals surface area contributed by atoms with Crippen LogP contribution in [-0.2, 0) is 0 Å². The summed E-state index contributed by atoms with van der Waals surface area (Å²) in [6.45, 7) is 0. The Labute approximate surface area is 99.8 Å². The first kappa shape index (κ1) is 10.4. The fraction of sp³-hybridized carbons (Fsp3) is 0. The lowest BCUT2D eigenvalue weighted by Gasteiger charge is -2.04. The minimum Gasteiger partial charge on any atom is -0.298 e. The zero-order valence-corrected chi connectivity index (χ0v) is 9.86. The van der Waals surface area contributed by atoms with E-state index < -0.39 is 0 Å². The molecule has 3 nitrogen and oxygen atoms in total. The van der Waals surface area contributed by atoms with Gasteiger partial charge < -0.3 is 0 Å². The lowest BCUT2D eigenvalue weighted by Crippen LogP contribution is -1.97. The molecule has 0 aliphatic heterocycles. The van der Waals surface area contributed by atoms with Crippen LogP contribution in [0.25, 0.3) is 5.69 Å². The Morgan fingerprint density at radius 1 is 1.40 bits per heavy atom. The van der Waals surface area contributed by atoms with Gasteiger partial charge in [0.2, 0.25) is 0 Å². The lowest BCUT2D eigenvalue weighted by atomic mass is 10.3. The van der Waals surface area contributed by atoms with E-state index in [-0.39, 0.29) is 0 Å². The predicted octanol–water partition coefficient (Wildman–Crippen LogP) is 3.10. The highest BCUT2D eigenvalue weighted by molar-refractivity contribution is 9.10. The van der Waals surface area contributed by atoms with Gasteiger partial charge in [-0.25, -0.2) is 4.68 Å². The topological polar surface area (TPSA) is 34.9 Å². The summed E-state index contributed by atoms with van der Waals surface area (Å²) in [5.74, 6) is 0.